The second kappa shape index (κ2) is 10.7. The van der Waals surface area contributed by atoms with E-state index in [1.807, 2.05) is 30.3 Å². The molecule has 1 aliphatic carbocycles. The molecule has 170 valence electrons. The average Bonchev–Trinajstić information content (AvgIpc) is 3.18. The Morgan fingerprint density at radius 1 is 1.09 bits per heavy atom. The lowest BCUT2D eigenvalue weighted by Crippen LogP contribution is -2.32. The maximum absolute atomic E-state index is 12.6. The maximum atomic E-state index is 12.6. The van der Waals surface area contributed by atoms with Crippen molar-refractivity contribution >= 4 is 16.9 Å². The summed E-state index contributed by atoms with van der Waals surface area (Å²) in [5.41, 5.74) is 3.32. The second-order valence-electron chi connectivity index (χ2n) is 9.12. The normalized spacial score (nSPS) is 14.7. The lowest BCUT2D eigenvalue weighted by atomic mass is 9.89. The summed E-state index contributed by atoms with van der Waals surface area (Å²) in [6.07, 6.45) is 6.47. The number of nitrogens with one attached hydrogen (secondary N) is 1. The third kappa shape index (κ3) is 5.32. The number of fused-ring (bicyclic) bond motifs is 1. The summed E-state index contributed by atoms with van der Waals surface area (Å²) in [7, 11) is 0. The molecule has 0 atom stereocenters. The van der Waals surface area contributed by atoms with Gasteiger partial charge in [-0.15, -0.1) is 0 Å². The number of benzene rings is 2. The minimum atomic E-state index is 0.163. The highest BCUT2D eigenvalue weighted by atomic mass is 16.5. The van der Waals surface area contributed by atoms with Crippen LogP contribution in [0.2, 0.25) is 0 Å². The minimum absolute atomic E-state index is 0.163. The molecule has 0 unspecified atom stereocenters. The van der Waals surface area contributed by atoms with Gasteiger partial charge in [-0.05, 0) is 48.9 Å². The van der Waals surface area contributed by atoms with Gasteiger partial charge in [-0.1, -0.05) is 63.4 Å². The predicted molar refractivity (Wildman–Crippen MR) is 129 cm³/mol. The van der Waals surface area contributed by atoms with E-state index in [1.165, 1.54) is 12.0 Å². The number of aryl methyl sites for hydroxylation is 1. The molecular formula is C27H35N3O2. The van der Waals surface area contributed by atoms with Crippen LogP contribution in [0.3, 0.4) is 0 Å². The van der Waals surface area contributed by atoms with Crippen molar-refractivity contribution in [1.29, 1.82) is 0 Å². The Kier molecular flexibility index (Phi) is 7.46. The monoisotopic (exact) mass is 433 g/mol. The summed E-state index contributed by atoms with van der Waals surface area (Å²) in [5.74, 6) is 2.66. The van der Waals surface area contributed by atoms with Crippen LogP contribution in [0.1, 0.15) is 69.7 Å². The van der Waals surface area contributed by atoms with Gasteiger partial charge in [0.1, 0.15) is 11.6 Å². The van der Waals surface area contributed by atoms with Crippen molar-refractivity contribution in [3.63, 3.8) is 0 Å². The largest absolute Gasteiger partial charge is 0.493 e. The maximum Gasteiger partial charge on any atom is 0.223 e. The summed E-state index contributed by atoms with van der Waals surface area (Å²) in [6, 6.07) is 16.5. The number of hydrogen-bond donors (Lipinski definition) is 1. The third-order valence-corrected chi connectivity index (χ3v) is 6.45. The first-order chi connectivity index (χ1) is 15.6. The van der Waals surface area contributed by atoms with Gasteiger partial charge in [0.25, 0.3) is 0 Å². The van der Waals surface area contributed by atoms with Crippen LogP contribution >= 0.6 is 0 Å². The number of nitrogens with zero attached hydrogens (tertiary/aromatic N) is 2. The number of ether oxygens (including phenoxy) is 1. The van der Waals surface area contributed by atoms with Crippen molar-refractivity contribution in [3.8, 4) is 5.75 Å². The Labute approximate surface area is 191 Å². The molecule has 1 N–H and O–H groups in total. The summed E-state index contributed by atoms with van der Waals surface area (Å²) in [4.78, 5) is 17.4. The zero-order valence-electron chi connectivity index (χ0n) is 19.3. The fourth-order valence-corrected chi connectivity index (χ4v) is 4.68. The van der Waals surface area contributed by atoms with Gasteiger partial charge in [0.15, 0.2) is 0 Å². The van der Waals surface area contributed by atoms with E-state index in [-0.39, 0.29) is 11.8 Å². The highest BCUT2D eigenvalue weighted by molar-refractivity contribution is 5.79. The molecule has 1 aliphatic rings. The van der Waals surface area contributed by atoms with E-state index >= 15 is 0 Å². The highest BCUT2D eigenvalue weighted by Crippen LogP contribution is 2.26. The van der Waals surface area contributed by atoms with Crippen LogP contribution in [-0.2, 0) is 17.9 Å². The SMILES string of the molecule is CC(C)c1ccccc1OCCCn1c(CNC(=O)C2CCCCC2)nc2ccccc21. The van der Waals surface area contributed by atoms with E-state index in [0.29, 0.717) is 19.1 Å². The van der Waals surface area contributed by atoms with Gasteiger partial charge >= 0.3 is 0 Å². The molecule has 0 radical (unpaired) electrons. The standard InChI is InChI=1S/C27H35N3O2/c1-20(2)22-13-6-9-16-25(22)32-18-10-17-30-24-15-8-7-14-23(24)29-26(30)19-28-27(31)21-11-4-3-5-12-21/h6-9,13-16,20-21H,3-5,10-12,17-19H2,1-2H3,(H,28,31). The first-order valence-electron chi connectivity index (χ1n) is 12.1. The van der Waals surface area contributed by atoms with E-state index in [4.69, 9.17) is 9.72 Å². The zero-order chi connectivity index (χ0) is 22.3. The summed E-state index contributed by atoms with van der Waals surface area (Å²) in [5, 5.41) is 3.15. The number of para-hydroxylation sites is 3. The van der Waals surface area contributed by atoms with Crippen molar-refractivity contribution in [1.82, 2.24) is 14.9 Å². The third-order valence-electron chi connectivity index (χ3n) is 6.45. The van der Waals surface area contributed by atoms with Crippen LogP contribution in [0.15, 0.2) is 48.5 Å². The van der Waals surface area contributed by atoms with Crippen LogP contribution in [0.4, 0.5) is 0 Å². The lowest BCUT2D eigenvalue weighted by Gasteiger charge is -2.20. The van der Waals surface area contributed by atoms with E-state index in [2.05, 4.69) is 41.9 Å². The predicted octanol–water partition coefficient (Wildman–Crippen LogP) is 5.83. The topological polar surface area (TPSA) is 56.1 Å². The number of carbonyl (C=O) groups excluding carboxylic acids is 1. The Hall–Kier alpha value is -2.82. The van der Waals surface area contributed by atoms with Gasteiger partial charge in [-0.3, -0.25) is 4.79 Å². The molecule has 1 amide bonds. The molecule has 1 fully saturated rings. The average molecular weight is 434 g/mol. The number of aromatic nitrogens is 2. The first kappa shape index (κ1) is 22.4. The van der Waals surface area contributed by atoms with Crippen LogP contribution in [0, 0.1) is 5.92 Å². The molecule has 5 nitrogen and oxygen atoms in total. The summed E-state index contributed by atoms with van der Waals surface area (Å²) < 4.78 is 8.35. The fraction of sp³-hybridized carbons (Fsp3) is 0.481. The van der Waals surface area contributed by atoms with E-state index in [9.17, 15) is 4.79 Å². The summed E-state index contributed by atoms with van der Waals surface area (Å²) >= 11 is 0. The van der Waals surface area contributed by atoms with Crippen LogP contribution < -0.4 is 10.1 Å². The molecule has 0 aliphatic heterocycles. The molecule has 0 bridgehead atoms. The molecule has 1 aromatic heterocycles. The number of hydrogen-bond acceptors (Lipinski definition) is 3. The zero-order valence-corrected chi connectivity index (χ0v) is 19.3. The molecule has 4 rings (SSSR count). The van der Waals surface area contributed by atoms with E-state index < -0.39 is 0 Å². The minimum Gasteiger partial charge on any atom is -0.493 e. The molecule has 2 aromatic carbocycles. The van der Waals surface area contributed by atoms with Gasteiger partial charge in [-0.25, -0.2) is 4.98 Å². The van der Waals surface area contributed by atoms with E-state index in [0.717, 1.165) is 61.3 Å². The van der Waals surface area contributed by atoms with Gasteiger partial charge in [-0.2, -0.15) is 0 Å². The van der Waals surface area contributed by atoms with Gasteiger partial charge in [0.05, 0.1) is 24.2 Å². The van der Waals surface area contributed by atoms with Gasteiger partial charge in [0.2, 0.25) is 5.91 Å². The Morgan fingerprint density at radius 3 is 2.66 bits per heavy atom. The van der Waals surface area contributed by atoms with Gasteiger partial charge < -0.3 is 14.6 Å². The number of rotatable bonds is 9. The van der Waals surface area contributed by atoms with Crippen LogP contribution in [-0.4, -0.2) is 22.1 Å². The summed E-state index contributed by atoms with van der Waals surface area (Å²) in [6.45, 7) is 6.30. The molecule has 0 spiro atoms. The molecule has 0 saturated heterocycles. The molecule has 5 heteroatoms. The second-order valence-corrected chi connectivity index (χ2v) is 9.12. The van der Waals surface area contributed by atoms with Crippen molar-refractivity contribution in [2.45, 2.75) is 71.4 Å². The van der Waals surface area contributed by atoms with Crippen LogP contribution in [0.25, 0.3) is 11.0 Å². The van der Waals surface area contributed by atoms with Crippen LogP contribution in [0.5, 0.6) is 5.75 Å². The molecule has 1 saturated carbocycles. The van der Waals surface area contributed by atoms with Crippen molar-refractivity contribution in [2.24, 2.45) is 5.92 Å². The fourth-order valence-electron chi connectivity index (χ4n) is 4.68. The van der Waals surface area contributed by atoms with Crippen molar-refractivity contribution in [3.05, 3.63) is 59.9 Å². The first-order valence-corrected chi connectivity index (χ1v) is 12.1. The molecule has 32 heavy (non-hydrogen) atoms. The quantitative estimate of drug-likeness (QED) is 0.432. The number of carbonyl (C=O) groups is 1. The Balaban J connectivity index is 1.40. The Morgan fingerprint density at radius 2 is 1.84 bits per heavy atom. The lowest BCUT2D eigenvalue weighted by molar-refractivity contribution is -0.126. The van der Waals surface area contributed by atoms with Gasteiger partial charge in [0, 0.05) is 12.5 Å². The Bertz CT molecular complexity index is 1030. The number of imidazole rings is 1. The van der Waals surface area contributed by atoms with E-state index in [1.54, 1.807) is 0 Å². The molecular weight excluding hydrogens is 398 g/mol. The highest BCUT2D eigenvalue weighted by Gasteiger charge is 2.21. The molecule has 3 aromatic rings. The number of amides is 1. The smallest absolute Gasteiger partial charge is 0.223 e. The van der Waals surface area contributed by atoms with Crippen molar-refractivity contribution in [2.75, 3.05) is 6.61 Å². The molecule has 1 heterocycles. The van der Waals surface area contributed by atoms with Crippen molar-refractivity contribution < 1.29 is 9.53 Å².